The predicted molar refractivity (Wildman–Crippen MR) is 145 cm³/mol. The van der Waals surface area contributed by atoms with E-state index in [1.165, 1.54) is 5.56 Å². The standard InChI is InChI=1S/C28H25IN2O3/c1-4-34-28(33)21-10-13-23(14-11-21)31-26(16-7-19-5-8-20(9-6-19)18(2)3)30-25-15-12-22(29)17-24(25)27(31)32/h5-18H,4H2,1-3H3. The van der Waals surface area contributed by atoms with Crippen LogP contribution in [0.25, 0.3) is 28.7 Å². The first-order valence-corrected chi connectivity index (χ1v) is 12.2. The maximum atomic E-state index is 13.5. The number of halogens is 1. The molecule has 0 aliphatic rings. The summed E-state index contributed by atoms with van der Waals surface area (Å²) in [5.41, 5.74) is 3.83. The Kier molecular flexibility index (Phi) is 7.26. The molecule has 0 atom stereocenters. The minimum atomic E-state index is -0.391. The molecule has 0 saturated carbocycles. The number of carbonyl (C=O) groups excluding carboxylic acids is 1. The zero-order valence-corrected chi connectivity index (χ0v) is 21.4. The van der Waals surface area contributed by atoms with Gasteiger partial charge in [-0.05, 0) is 95.1 Å². The highest BCUT2D eigenvalue weighted by Crippen LogP contribution is 2.19. The number of nitrogens with zero attached hydrogens (tertiary/aromatic N) is 2. The van der Waals surface area contributed by atoms with Crippen LogP contribution in [0.4, 0.5) is 0 Å². The van der Waals surface area contributed by atoms with Crippen LogP contribution < -0.4 is 5.56 Å². The number of rotatable bonds is 6. The van der Waals surface area contributed by atoms with Crippen molar-refractivity contribution >= 4 is 51.6 Å². The van der Waals surface area contributed by atoms with Crippen LogP contribution in [0.3, 0.4) is 0 Å². The van der Waals surface area contributed by atoms with Gasteiger partial charge in [0.2, 0.25) is 0 Å². The fourth-order valence-electron chi connectivity index (χ4n) is 3.66. The summed E-state index contributed by atoms with van der Waals surface area (Å²) in [6.07, 6.45) is 3.80. The van der Waals surface area contributed by atoms with Gasteiger partial charge >= 0.3 is 5.97 Å². The largest absolute Gasteiger partial charge is 0.462 e. The lowest BCUT2D eigenvalue weighted by atomic mass is 10.0. The third kappa shape index (κ3) is 5.12. The fourth-order valence-corrected chi connectivity index (χ4v) is 4.15. The van der Waals surface area contributed by atoms with E-state index < -0.39 is 5.97 Å². The van der Waals surface area contributed by atoms with Gasteiger partial charge in [-0.25, -0.2) is 9.78 Å². The highest BCUT2D eigenvalue weighted by Gasteiger charge is 2.13. The van der Waals surface area contributed by atoms with E-state index >= 15 is 0 Å². The van der Waals surface area contributed by atoms with Crippen molar-refractivity contribution in [3.05, 3.63) is 103 Å². The Bertz CT molecular complexity index is 1420. The van der Waals surface area contributed by atoms with Crippen molar-refractivity contribution in [2.45, 2.75) is 26.7 Å². The lowest BCUT2D eigenvalue weighted by Crippen LogP contribution is -2.22. The summed E-state index contributed by atoms with van der Waals surface area (Å²) >= 11 is 2.19. The number of hydrogen-bond donors (Lipinski definition) is 0. The molecule has 1 aromatic heterocycles. The molecular weight excluding hydrogens is 539 g/mol. The second-order valence-electron chi connectivity index (χ2n) is 8.19. The van der Waals surface area contributed by atoms with Gasteiger partial charge in [0.25, 0.3) is 5.56 Å². The number of fused-ring (bicyclic) bond motifs is 1. The number of ether oxygens (including phenoxy) is 1. The van der Waals surface area contributed by atoms with Gasteiger partial charge in [0.15, 0.2) is 0 Å². The maximum absolute atomic E-state index is 13.5. The molecule has 0 bridgehead atoms. The molecule has 0 aliphatic heterocycles. The smallest absolute Gasteiger partial charge is 0.338 e. The van der Waals surface area contributed by atoms with Gasteiger partial charge in [0.1, 0.15) is 5.82 Å². The number of carbonyl (C=O) groups is 1. The molecule has 0 spiro atoms. The van der Waals surface area contributed by atoms with E-state index in [9.17, 15) is 9.59 Å². The van der Waals surface area contributed by atoms with Gasteiger partial charge in [-0.3, -0.25) is 9.36 Å². The average molecular weight is 564 g/mol. The molecule has 4 aromatic rings. The Morgan fingerprint density at radius 1 is 1.03 bits per heavy atom. The topological polar surface area (TPSA) is 61.2 Å². The first-order chi connectivity index (χ1) is 16.4. The third-order valence-electron chi connectivity index (χ3n) is 5.52. The molecule has 4 rings (SSSR count). The van der Waals surface area contributed by atoms with Crippen molar-refractivity contribution in [2.24, 2.45) is 0 Å². The lowest BCUT2D eigenvalue weighted by Gasteiger charge is -2.12. The van der Waals surface area contributed by atoms with Crippen molar-refractivity contribution in [3.63, 3.8) is 0 Å². The van der Waals surface area contributed by atoms with Gasteiger partial charge in [-0.2, -0.15) is 0 Å². The highest BCUT2D eigenvalue weighted by molar-refractivity contribution is 14.1. The minimum absolute atomic E-state index is 0.165. The van der Waals surface area contributed by atoms with Crippen LogP contribution in [0.5, 0.6) is 0 Å². The number of hydrogen-bond acceptors (Lipinski definition) is 4. The molecule has 172 valence electrons. The predicted octanol–water partition coefficient (Wildman–Crippen LogP) is 6.46. The van der Waals surface area contributed by atoms with Crippen LogP contribution in [-0.4, -0.2) is 22.1 Å². The van der Waals surface area contributed by atoms with E-state index in [1.54, 1.807) is 35.8 Å². The summed E-state index contributed by atoms with van der Waals surface area (Å²) in [6.45, 7) is 6.40. The zero-order valence-electron chi connectivity index (χ0n) is 19.3. The van der Waals surface area contributed by atoms with Gasteiger partial charge in [0.05, 0.1) is 28.8 Å². The van der Waals surface area contributed by atoms with Crippen molar-refractivity contribution in [2.75, 3.05) is 6.61 Å². The van der Waals surface area contributed by atoms with E-state index in [0.29, 0.717) is 40.5 Å². The van der Waals surface area contributed by atoms with Crippen molar-refractivity contribution in [3.8, 4) is 5.69 Å². The lowest BCUT2D eigenvalue weighted by molar-refractivity contribution is 0.0526. The quantitative estimate of drug-likeness (QED) is 0.199. The van der Waals surface area contributed by atoms with Crippen molar-refractivity contribution in [1.82, 2.24) is 9.55 Å². The molecule has 1 heterocycles. The van der Waals surface area contributed by atoms with Crippen molar-refractivity contribution < 1.29 is 9.53 Å². The second-order valence-corrected chi connectivity index (χ2v) is 9.44. The Morgan fingerprint density at radius 3 is 2.38 bits per heavy atom. The van der Waals surface area contributed by atoms with Crippen LogP contribution in [0, 0.1) is 3.57 Å². The molecule has 0 radical (unpaired) electrons. The third-order valence-corrected chi connectivity index (χ3v) is 6.19. The van der Waals surface area contributed by atoms with Gasteiger partial charge in [0, 0.05) is 3.57 Å². The molecule has 0 amide bonds. The van der Waals surface area contributed by atoms with E-state index in [2.05, 4.69) is 60.7 Å². The van der Waals surface area contributed by atoms with E-state index in [-0.39, 0.29) is 5.56 Å². The first-order valence-electron chi connectivity index (χ1n) is 11.1. The SMILES string of the molecule is CCOC(=O)c1ccc(-n2c(C=Cc3ccc(C(C)C)cc3)nc3ccc(I)cc3c2=O)cc1. The molecule has 34 heavy (non-hydrogen) atoms. The normalized spacial score (nSPS) is 11.4. The molecule has 3 aromatic carbocycles. The van der Waals surface area contributed by atoms with Crippen molar-refractivity contribution in [1.29, 1.82) is 0 Å². The molecular formula is C28H25IN2O3. The maximum Gasteiger partial charge on any atom is 0.338 e. The molecule has 0 unspecified atom stereocenters. The Hall–Kier alpha value is -3.26. The van der Waals surface area contributed by atoms with Crippen LogP contribution in [0.15, 0.2) is 71.5 Å². The van der Waals surface area contributed by atoms with Crippen LogP contribution in [0.2, 0.25) is 0 Å². The van der Waals surface area contributed by atoms with Gasteiger partial charge in [-0.15, -0.1) is 0 Å². The number of esters is 1. The zero-order chi connectivity index (χ0) is 24.2. The minimum Gasteiger partial charge on any atom is -0.462 e. The molecule has 0 fully saturated rings. The second kappa shape index (κ2) is 10.3. The molecule has 5 nitrogen and oxygen atoms in total. The summed E-state index contributed by atoms with van der Waals surface area (Å²) < 4.78 is 7.61. The molecule has 0 saturated heterocycles. The summed E-state index contributed by atoms with van der Waals surface area (Å²) in [7, 11) is 0. The summed E-state index contributed by atoms with van der Waals surface area (Å²) in [5.74, 6) is 0.582. The Labute approximate surface area is 212 Å². The van der Waals surface area contributed by atoms with E-state index in [1.807, 2.05) is 30.4 Å². The summed E-state index contributed by atoms with van der Waals surface area (Å²) in [5, 5.41) is 0.541. The molecule has 0 N–H and O–H groups in total. The first kappa shape index (κ1) is 23.9. The average Bonchev–Trinajstić information content (AvgIpc) is 2.84. The van der Waals surface area contributed by atoms with Crippen LogP contribution in [0.1, 0.15) is 54.0 Å². The monoisotopic (exact) mass is 564 g/mol. The molecule has 6 heteroatoms. The number of aromatic nitrogens is 2. The van der Waals surface area contributed by atoms with E-state index in [0.717, 1.165) is 9.13 Å². The highest BCUT2D eigenvalue weighted by atomic mass is 127. The van der Waals surface area contributed by atoms with Crippen LogP contribution >= 0.6 is 22.6 Å². The Morgan fingerprint density at radius 2 is 1.74 bits per heavy atom. The fraction of sp³-hybridized carbons (Fsp3) is 0.179. The van der Waals surface area contributed by atoms with E-state index in [4.69, 9.17) is 9.72 Å². The number of benzene rings is 3. The van der Waals surface area contributed by atoms with Gasteiger partial charge < -0.3 is 4.74 Å². The van der Waals surface area contributed by atoms with Gasteiger partial charge in [-0.1, -0.05) is 44.2 Å². The molecule has 0 aliphatic carbocycles. The van der Waals surface area contributed by atoms with Crippen LogP contribution in [-0.2, 0) is 4.74 Å². The summed E-state index contributed by atoms with van der Waals surface area (Å²) in [4.78, 5) is 30.4. The summed E-state index contributed by atoms with van der Waals surface area (Å²) in [6, 6.07) is 20.8. The Balaban J connectivity index is 1.82.